The van der Waals surface area contributed by atoms with E-state index in [4.69, 9.17) is 11.6 Å². The number of carbonyl (C=O) groups is 3. The normalized spacial score (nSPS) is 13.5. The Balaban J connectivity index is 2.93. The Kier molecular flexibility index (Phi) is 7.29. The first kappa shape index (κ1) is 20.8. The molecule has 1 unspecified atom stereocenters. The SMILES string of the molecule is COC(=O)[C@H](C)NC(=O)C(F)(F)CC(NC(C)=O)c1ccc(Cl)cc1. The number of hydrogen-bond donors (Lipinski definition) is 2. The van der Waals surface area contributed by atoms with Crippen LogP contribution < -0.4 is 10.6 Å². The summed E-state index contributed by atoms with van der Waals surface area (Å²) in [6, 6.07) is 3.61. The predicted octanol–water partition coefficient (Wildman–Crippen LogP) is 2.22. The van der Waals surface area contributed by atoms with Gasteiger partial charge in [0.05, 0.1) is 13.2 Å². The molecule has 0 saturated carbocycles. The lowest BCUT2D eigenvalue weighted by molar-refractivity contribution is -0.153. The fourth-order valence-electron chi connectivity index (χ4n) is 2.08. The molecule has 0 aliphatic carbocycles. The van der Waals surface area contributed by atoms with E-state index >= 15 is 0 Å². The van der Waals surface area contributed by atoms with E-state index in [0.717, 1.165) is 7.11 Å². The highest BCUT2D eigenvalue weighted by Gasteiger charge is 2.42. The third-order valence-electron chi connectivity index (χ3n) is 3.34. The maximum absolute atomic E-state index is 14.3. The summed E-state index contributed by atoms with van der Waals surface area (Å²) in [4.78, 5) is 34.4. The molecule has 1 aromatic rings. The van der Waals surface area contributed by atoms with Crippen molar-refractivity contribution >= 4 is 29.4 Å². The molecule has 0 spiro atoms. The van der Waals surface area contributed by atoms with Crippen LogP contribution in [0.25, 0.3) is 0 Å². The van der Waals surface area contributed by atoms with E-state index in [1.54, 1.807) is 0 Å². The van der Waals surface area contributed by atoms with Crippen molar-refractivity contribution in [1.82, 2.24) is 10.6 Å². The fraction of sp³-hybridized carbons (Fsp3) is 0.438. The molecule has 0 saturated heterocycles. The second kappa shape index (κ2) is 8.75. The lowest BCUT2D eigenvalue weighted by atomic mass is 9.99. The summed E-state index contributed by atoms with van der Waals surface area (Å²) in [6.07, 6.45) is -0.978. The molecule has 138 valence electrons. The zero-order valence-corrected chi connectivity index (χ0v) is 14.7. The average Bonchev–Trinajstić information content (AvgIpc) is 2.53. The van der Waals surface area contributed by atoms with Crippen LogP contribution in [0.5, 0.6) is 0 Å². The standard InChI is InChI=1S/C16H19ClF2N2O4/c1-9(14(23)25-3)20-15(24)16(18,19)8-13(21-10(2)22)11-4-6-12(17)7-5-11/h4-7,9,13H,8H2,1-3H3,(H,20,24)(H,21,22)/t9-,13?/m0/s1. The molecule has 6 nitrogen and oxygen atoms in total. The van der Waals surface area contributed by atoms with Crippen LogP contribution in [0.15, 0.2) is 24.3 Å². The topological polar surface area (TPSA) is 84.5 Å². The van der Waals surface area contributed by atoms with Crippen molar-refractivity contribution < 1.29 is 27.9 Å². The van der Waals surface area contributed by atoms with E-state index in [9.17, 15) is 23.2 Å². The summed E-state index contributed by atoms with van der Waals surface area (Å²) in [5.74, 6) is -6.83. The molecule has 1 aromatic carbocycles. The van der Waals surface area contributed by atoms with Gasteiger partial charge in [-0.25, -0.2) is 4.79 Å². The molecule has 0 radical (unpaired) electrons. The molecule has 0 aliphatic heterocycles. The number of alkyl halides is 2. The predicted molar refractivity (Wildman–Crippen MR) is 87.2 cm³/mol. The molecule has 25 heavy (non-hydrogen) atoms. The van der Waals surface area contributed by atoms with Gasteiger partial charge in [-0.2, -0.15) is 8.78 Å². The Hall–Kier alpha value is -2.22. The Morgan fingerprint density at radius 3 is 2.24 bits per heavy atom. The number of ether oxygens (including phenoxy) is 1. The van der Waals surface area contributed by atoms with Gasteiger partial charge in [-0.05, 0) is 24.6 Å². The number of hydrogen-bond acceptors (Lipinski definition) is 4. The molecule has 2 N–H and O–H groups in total. The number of benzene rings is 1. The molecule has 2 atom stereocenters. The maximum atomic E-state index is 14.3. The summed E-state index contributed by atoms with van der Waals surface area (Å²) in [7, 11) is 1.08. The Morgan fingerprint density at radius 2 is 1.76 bits per heavy atom. The van der Waals surface area contributed by atoms with Gasteiger partial charge in [-0.3, -0.25) is 9.59 Å². The minimum Gasteiger partial charge on any atom is -0.467 e. The Labute approximate surface area is 148 Å². The van der Waals surface area contributed by atoms with Crippen LogP contribution >= 0.6 is 11.6 Å². The lowest BCUT2D eigenvalue weighted by Crippen LogP contribution is -2.48. The number of carbonyl (C=O) groups excluding carboxylic acids is 3. The van der Waals surface area contributed by atoms with E-state index in [1.165, 1.54) is 38.1 Å². The van der Waals surface area contributed by atoms with Gasteiger partial charge < -0.3 is 15.4 Å². The fourth-order valence-corrected chi connectivity index (χ4v) is 2.21. The third-order valence-corrected chi connectivity index (χ3v) is 3.60. The second-order valence-electron chi connectivity index (χ2n) is 5.43. The molecular weight excluding hydrogens is 358 g/mol. The monoisotopic (exact) mass is 376 g/mol. The molecule has 0 aromatic heterocycles. The van der Waals surface area contributed by atoms with Gasteiger partial charge in [0.1, 0.15) is 6.04 Å². The van der Waals surface area contributed by atoms with Gasteiger partial charge in [0.25, 0.3) is 5.91 Å². The van der Waals surface area contributed by atoms with Crippen LogP contribution in [0.3, 0.4) is 0 Å². The van der Waals surface area contributed by atoms with Crippen molar-refractivity contribution in [2.45, 2.75) is 38.3 Å². The number of methoxy groups -OCH3 is 1. The molecule has 0 fully saturated rings. The van der Waals surface area contributed by atoms with Crippen LogP contribution in [0.1, 0.15) is 31.9 Å². The van der Waals surface area contributed by atoms with Gasteiger partial charge in [-0.1, -0.05) is 23.7 Å². The van der Waals surface area contributed by atoms with Crippen molar-refractivity contribution in [3.05, 3.63) is 34.9 Å². The van der Waals surface area contributed by atoms with E-state index in [2.05, 4.69) is 10.1 Å². The number of esters is 1. The maximum Gasteiger partial charge on any atom is 0.328 e. The van der Waals surface area contributed by atoms with Gasteiger partial charge in [-0.15, -0.1) is 0 Å². The minimum absolute atomic E-state index is 0.369. The van der Waals surface area contributed by atoms with Crippen LogP contribution in [-0.4, -0.2) is 36.9 Å². The molecule has 0 bridgehead atoms. The summed E-state index contributed by atoms with van der Waals surface area (Å²) < 4.78 is 32.9. The van der Waals surface area contributed by atoms with Crippen LogP contribution in [0, 0.1) is 0 Å². The van der Waals surface area contributed by atoms with Crippen LogP contribution in [0.2, 0.25) is 5.02 Å². The first-order valence-electron chi connectivity index (χ1n) is 7.36. The van der Waals surface area contributed by atoms with E-state index < -0.39 is 42.2 Å². The van der Waals surface area contributed by atoms with Crippen molar-refractivity contribution in [2.75, 3.05) is 7.11 Å². The first-order chi connectivity index (χ1) is 11.6. The lowest BCUT2D eigenvalue weighted by Gasteiger charge is -2.24. The number of nitrogens with one attached hydrogen (secondary N) is 2. The second-order valence-corrected chi connectivity index (χ2v) is 5.87. The first-order valence-corrected chi connectivity index (χ1v) is 7.73. The van der Waals surface area contributed by atoms with Gasteiger partial charge in [0.15, 0.2) is 0 Å². The van der Waals surface area contributed by atoms with Crippen molar-refractivity contribution in [3.63, 3.8) is 0 Å². The van der Waals surface area contributed by atoms with Gasteiger partial charge in [0.2, 0.25) is 5.91 Å². The van der Waals surface area contributed by atoms with Crippen LogP contribution in [0.4, 0.5) is 8.78 Å². The molecular formula is C16H19ClF2N2O4. The summed E-state index contributed by atoms with van der Waals surface area (Å²) >= 11 is 5.76. The molecule has 2 amide bonds. The van der Waals surface area contributed by atoms with E-state index in [-0.39, 0.29) is 0 Å². The quantitative estimate of drug-likeness (QED) is 0.715. The van der Waals surface area contributed by atoms with Gasteiger partial charge in [0, 0.05) is 18.4 Å². The summed E-state index contributed by atoms with van der Waals surface area (Å²) in [5, 5.41) is 4.68. The zero-order valence-electron chi connectivity index (χ0n) is 13.9. The largest absolute Gasteiger partial charge is 0.467 e. The number of halogens is 3. The number of amides is 2. The smallest absolute Gasteiger partial charge is 0.328 e. The minimum atomic E-state index is -3.82. The van der Waals surface area contributed by atoms with Gasteiger partial charge >= 0.3 is 11.9 Å². The highest BCUT2D eigenvalue weighted by atomic mass is 35.5. The number of rotatable bonds is 7. The van der Waals surface area contributed by atoms with Crippen molar-refractivity contribution in [3.8, 4) is 0 Å². The summed E-state index contributed by atoms with van der Waals surface area (Å²) in [6.45, 7) is 2.41. The Bertz CT molecular complexity index is 638. The van der Waals surface area contributed by atoms with Crippen molar-refractivity contribution in [2.24, 2.45) is 0 Å². The van der Waals surface area contributed by atoms with Crippen LogP contribution in [-0.2, 0) is 19.1 Å². The highest BCUT2D eigenvalue weighted by Crippen LogP contribution is 2.29. The molecule has 0 aliphatic rings. The van der Waals surface area contributed by atoms with Crippen molar-refractivity contribution in [1.29, 1.82) is 0 Å². The average molecular weight is 377 g/mol. The van der Waals surface area contributed by atoms with E-state index in [1.807, 2.05) is 5.32 Å². The third kappa shape index (κ3) is 6.30. The van der Waals surface area contributed by atoms with E-state index in [0.29, 0.717) is 10.6 Å². The molecule has 9 heteroatoms. The zero-order chi connectivity index (χ0) is 19.2. The highest BCUT2D eigenvalue weighted by molar-refractivity contribution is 6.30. The Morgan fingerprint density at radius 1 is 1.20 bits per heavy atom. The molecule has 1 rings (SSSR count). The summed E-state index contributed by atoms with van der Waals surface area (Å²) in [5.41, 5.74) is 0.369. The molecule has 0 heterocycles.